The average molecular weight is 226 g/mol. The number of hydrogen-bond acceptors (Lipinski definition) is 3. The predicted octanol–water partition coefficient (Wildman–Crippen LogP) is 1.35. The molecular formula is C13H26N2O. The Morgan fingerprint density at radius 2 is 1.81 bits per heavy atom. The summed E-state index contributed by atoms with van der Waals surface area (Å²) in [7, 11) is 0. The molecule has 16 heavy (non-hydrogen) atoms. The first-order valence-corrected chi connectivity index (χ1v) is 6.91. The Labute approximate surface area is 99.0 Å². The zero-order chi connectivity index (χ0) is 11.4. The first-order chi connectivity index (χ1) is 7.81. The van der Waals surface area contributed by atoms with E-state index < -0.39 is 0 Å². The van der Waals surface area contributed by atoms with E-state index in [9.17, 15) is 0 Å². The van der Waals surface area contributed by atoms with Gasteiger partial charge in [-0.05, 0) is 31.6 Å². The number of nitrogens with two attached hydrogens (primary N) is 1. The van der Waals surface area contributed by atoms with Crippen molar-refractivity contribution in [3.63, 3.8) is 0 Å². The maximum Gasteiger partial charge on any atom is 0.0558 e. The second kappa shape index (κ2) is 5.99. The standard InChI is InChI=1S/C13H26N2O/c14-13-7-2-1-4-11(13)10-15(8-9-16)12-5-3-6-12/h11-13,16H,1-10,14H2. The second-order valence-electron chi connectivity index (χ2n) is 5.51. The summed E-state index contributed by atoms with van der Waals surface area (Å²) >= 11 is 0. The molecule has 0 heterocycles. The lowest BCUT2D eigenvalue weighted by Gasteiger charge is -2.41. The average Bonchev–Trinajstić information content (AvgIpc) is 2.19. The maximum atomic E-state index is 9.13. The third-order valence-electron chi connectivity index (χ3n) is 4.42. The first kappa shape index (κ1) is 12.3. The highest BCUT2D eigenvalue weighted by molar-refractivity contribution is 4.85. The van der Waals surface area contributed by atoms with Crippen LogP contribution in [0.2, 0.25) is 0 Å². The van der Waals surface area contributed by atoms with E-state index in [2.05, 4.69) is 4.90 Å². The molecule has 0 radical (unpaired) electrons. The van der Waals surface area contributed by atoms with Gasteiger partial charge in [-0.3, -0.25) is 4.90 Å². The summed E-state index contributed by atoms with van der Waals surface area (Å²) in [4.78, 5) is 2.49. The van der Waals surface area contributed by atoms with Gasteiger partial charge in [0.1, 0.15) is 0 Å². The Bertz CT molecular complexity index is 206. The van der Waals surface area contributed by atoms with E-state index in [1.165, 1.54) is 44.9 Å². The van der Waals surface area contributed by atoms with E-state index in [0.717, 1.165) is 19.1 Å². The Balaban J connectivity index is 1.83. The van der Waals surface area contributed by atoms with Crippen molar-refractivity contribution in [1.29, 1.82) is 0 Å². The molecule has 2 aliphatic rings. The van der Waals surface area contributed by atoms with Gasteiger partial charge in [-0.25, -0.2) is 0 Å². The van der Waals surface area contributed by atoms with Crippen LogP contribution in [-0.4, -0.2) is 41.8 Å². The molecule has 0 aliphatic heterocycles. The predicted molar refractivity (Wildman–Crippen MR) is 66.2 cm³/mol. The summed E-state index contributed by atoms with van der Waals surface area (Å²) in [6.07, 6.45) is 9.14. The minimum absolute atomic E-state index is 0.290. The molecule has 0 amide bonds. The topological polar surface area (TPSA) is 49.5 Å². The Hall–Kier alpha value is -0.120. The Morgan fingerprint density at radius 3 is 2.38 bits per heavy atom. The molecule has 2 aliphatic carbocycles. The molecule has 2 rings (SSSR count). The molecule has 2 fully saturated rings. The molecule has 94 valence electrons. The highest BCUT2D eigenvalue weighted by atomic mass is 16.3. The lowest BCUT2D eigenvalue weighted by molar-refractivity contribution is 0.0729. The van der Waals surface area contributed by atoms with Crippen molar-refractivity contribution in [2.24, 2.45) is 11.7 Å². The van der Waals surface area contributed by atoms with Crippen molar-refractivity contribution in [1.82, 2.24) is 4.90 Å². The third-order valence-corrected chi connectivity index (χ3v) is 4.42. The van der Waals surface area contributed by atoms with Crippen LogP contribution in [0, 0.1) is 5.92 Å². The molecule has 0 aromatic heterocycles. The molecule has 3 heteroatoms. The minimum atomic E-state index is 0.290. The normalized spacial score (nSPS) is 31.7. The van der Waals surface area contributed by atoms with Gasteiger partial charge in [0.2, 0.25) is 0 Å². The Morgan fingerprint density at radius 1 is 1.06 bits per heavy atom. The summed E-state index contributed by atoms with van der Waals surface area (Å²) in [5.74, 6) is 0.667. The van der Waals surface area contributed by atoms with Crippen molar-refractivity contribution in [3.05, 3.63) is 0 Å². The van der Waals surface area contributed by atoms with Crippen LogP contribution in [0.4, 0.5) is 0 Å². The molecule has 0 bridgehead atoms. The van der Waals surface area contributed by atoms with Crippen molar-refractivity contribution in [3.8, 4) is 0 Å². The number of nitrogens with zero attached hydrogens (tertiary/aromatic N) is 1. The van der Waals surface area contributed by atoms with Gasteiger partial charge in [0.25, 0.3) is 0 Å². The van der Waals surface area contributed by atoms with E-state index >= 15 is 0 Å². The van der Waals surface area contributed by atoms with Crippen LogP contribution < -0.4 is 5.73 Å². The number of aliphatic hydroxyl groups is 1. The van der Waals surface area contributed by atoms with Crippen molar-refractivity contribution in [2.75, 3.05) is 19.7 Å². The van der Waals surface area contributed by atoms with E-state index in [1.54, 1.807) is 0 Å². The van der Waals surface area contributed by atoms with Gasteiger partial charge >= 0.3 is 0 Å². The minimum Gasteiger partial charge on any atom is -0.395 e. The van der Waals surface area contributed by atoms with E-state index in [0.29, 0.717) is 18.6 Å². The highest BCUT2D eigenvalue weighted by Crippen LogP contribution is 2.29. The lowest BCUT2D eigenvalue weighted by atomic mass is 9.83. The van der Waals surface area contributed by atoms with Crippen molar-refractivity contribution in [2.45, 2.75) is 57.0 Å². The first-order valence-electron chi connectivity index (χ1n) is 6.91. The van der Waals surface area contributed by atoms with Crippen LogP contribution in [-0.2, 0) is 0 Å². The van der Waals surface area contributed by atoms with Crippen LogP contribution in [0.15, 0.2) is 0 Å². The van der Waals surface area contributed by atoms with Gasteiger partial charge in [-0.1, -0.05) is 19.3 Å². The number of aliphatic hydroxyl groups excluding tert-OH is 1. The molecule has 2 saturated carbocycles. The summed E-state index contributed by atoms with van der Waals surface area (Å²) in [5, 5.41) is 9.13. The lowest BCUT2D eigenvalue weighted by Crippen LogP contribution is -2.48. The van der Waals surface area contributed by atoms with Crippen molar-refractivity contribution < 1.29 is 5.11 Å². The summed E-state index contributed by atoms with van der Waals surface area (Å²) in [5.41, 5.74) is 6.19. The van der Waals surface area contributed by atoms with E-state index in [-0.39, 0.29) is 0 Å². The smallest absolute Gasteiger partial charge is 0.0558 e. The molecule has 0 saturated heterocycles. The quantitative estimate of drug-likeness (QED) is 0.744. The van der Waals surface area contributed by atoms with Gasteiger partial charge in [-0.15, -0.1) is 0 Å². The van der Waals surface area contributed by atoms with Crippen LogP contribution in [0.3, 0.4) is 0 Å². The second-order valence-corrected chi connectivity index (χ2v) is 5.51. The van der Waals surface area contributed by atoms with Gasteiger partial charge in [0.15, 0.2) is 0 Å². The van der Waals surface area contributed by atoms with Crippen LogP contribution in [0.1, 0.15) is 44.9 Å². The summed E-state index contributed by atoms with van der Waals surface area (Å²) in [6.45, 7) is 2.25. The van der Waals surface area contributed by atoms with E-state index in [1.807, 2.05) is 0 Å². The number of rotatable bonds is 5. The third kappa shape index (κ3) is 2.96. The maximum absolute atomic E-state index is 9.13. The monoisotopic (exact) mass is 226 g/mol. The fourth-order valence-corrected chi connectivity index (χ4v) is 3.07. The molecule has 2 atom stereocenters. The fourth-order valence-electron chi connectivity index (χ4n) is 3.07. The Kier molecular flexibility index (Phi) is 4.62. The molecule has 0 aromatic rings. The highest BCUT2D eigenvalue weighted by Gasteiger charge is 2.29. The molecule has 3 nitrogen and oxygen atoms in total. The van der Waals surface area contributed by atoms with Crippen LogP contribution >= 0.6 is 0 Å². The largest absolute Gasteiger partial charge is 0.395 e. The summed E-state index contributed by atoms with van der Waals surface area (Å²) in [6, 6.07) is 1.14. The summed E-state index contributed by atoms with van der Waals surface area (Å²) < 4.78 is 0. The number of hydrogen-bond donors (Lipinski definition) is 2. The molecule has 2 unspecified atom stereocenters. The molecular weight excluding hydrogens is 200 g/mol. The molecule has 3 N–H and O–H groups in total. The van der Waals surface area contributed by atoms with Gasteiger partial charge < -0.3 is 10.8 Å². The zero-order valence-electron chi connectivity index (χ0n) is 10.3. The SMILES string of the molecule is NC1CCCCC1CN(CCO)C1CCC1. The van der Waals surface area contributed by atoms with Gasteiger partial charge in [-0.2, -0.15) is 0 Å². The van der Waals surface area contributed by atoms with Gasteiger partial charge in [0, 0.05) is 25.2 Å². The van der Waals surface area contributed by atoms with Crippen LogP contribution in [0.25, 0.3) is 0 Å². The zero-order valence-corrected chi connectivity index (χ0v) is 10.3. The van der Waals surface area contributed by atoms with Crippen molar-refractivity contribution >= 4 is 0 Å². The molecule has 0 spiro atoms. The van der Waals surface area contributed by atoms with Crippen LogP contribution in [0.5, 0.6) is 0 Å². The fraction of sp³-hybridized carbons (Fsp3) is 1.00. The molecule has 0 aromatic carbocycles. The van der Waals surface area contributed by atoms with Gasteiger partial charge in [0.05, 0.1) is 6.61 Å². The van der Waals surface area contributed by atoms with E-state index in [4.69, 9.17) is 10.8 Å².